The highest BCUT2D eigenvalue weighted by atomic mass is 19.1. The number of nitrogens with one attached hydrogen (secondary N) is 1. The molecule has 1 aromatic heterocycles. The Morgan fingerprint density at radius 1 is 1.29 bits per heavy atom. The van der Waals surface area contributed by atoms with Crippen LogP contribution < -0.4 is 15.6 Å². The number of hydrogen-bond donors (Lipinski definition) is 1. The quantitative estimate of drug-likeness (QED) is 0.778. The largest absolute Gasteiger partial charge is 0.496 e. The molecule has 2 aliphatic carbocycles. The molecule has 2 aliphatic rings. The molecular weight excluding hydrogens is 361 g/mol. The van der Waals surface area contributed by atoms with E-state index in [-0.39, 0.29) is 18.0 Å². The SMILES string of the molecule is COc1cc(F)ccc1-c1ccc(=O)n(CC(=O)NC[C@@H]2C[C@H]3C=C[C@H]2C3)n1. The lowest BCUT2D eigenvalue weighted by Crippen LogP contribution is -2.36. The summed E-state index contributed by atoms with van der Waals surface area (Å²) in [6.45, 7) is 0.456. The molecule has 7 heteroatoms. The van der Waals surface area contributed by atoms with Gasteiger partial charge in [-0.2, -0.15) is 5.10 Å². The Balaban J connectivity index is 1.46. The molecule has 0 unspecified atom stereocenters. The molecule has 28 heavy (non-hydrogen) atoms. The molecule has 0 aliphatic heterocycles. The average Bonchev–Trinajstić information content (AvgIpc) is 3.31. The molecule has 0 radical (unpaired) electrons. The lowest BCUT2D eigenvalue weighted by atomic mass is 9.94. The van der Waals surface area contributed by atoms with Crippen LogP contribution in [0.5, 0.6) is 5.75 Å². The van der Waals surface area contributed by atoms with Gasteiger partial charge in [-0.05, 0) is 48.8 Å². The van der Waals surface area contributed by atoms with Gasteiger partial charge in [-0.1, -0.05) is 12.2 Å². The van der Waals surface area contributed by atoms with Gasteiger partial charge in [0.2, 0.25) is 5.91 Å². The van der Waals surface area contributed by atoms with E-state index in [1.165, 1.54) is 43.9 Å². The molecule has 2 bridgehead atoms. The predicted molar refractivity (Wildman–Crippen MR) is 102 cm³/mol. The van der Waals surface area contributed by atoms with Gasteiger partial charge < -0.3 is 10.1 Å². The molecule has 1 amide bonds. The number of ether oxygens (including phenoxy) is 1. The molecule has 0 spiro atoms. The van der Waals surface area contributed by atoms with Crippen LogP contribution in [0.1, 0.15) is 12.8 Å². The molecule has 1 N–H and O–H groups in total. The van der Waals surface area contributed by atoms with E-state index >= 15 is 0 Å². The summed E-state index contributed by atoms with van der Waals surface area (Å²) in [6, 6.07) is 6.97. The standard InChI is InChI=1S/C21H22FN3O3/c1-28-19-10-16(22)4-5-17(19)18-6-7-21(27)25(24-18)12-20(26)23-11-15-9-13-2-3-14(15)8-13/h2-7,10,13-15H,8-9,11-12H2,1H3,(H,23,26)/t13-,14-,15-/m0/s1. The van der Waals surface area contributed by atoms with E-state index in [1.807, 2.05) is 0 Å². The Kier molecular flexibility index (Phi) is 4.98. The lowest BCUT2D eigenvalue weighted by Gasteiger charge is -2.18. The van der Waals surface area contributed by atoms with Crippen LogP contribution in [-0.2, 0) is 11.3 Å². The summed E-state index contributed by atoms with van der Waals surface area (Å²) in [5, 5.41) is 7.20. The van der Waals surface area contributed by atoms with E-state index in [4.69, 9.17) is 4.74 Å². The summed E-state index contributed by atoms with van der Waals surface area (Å²) in [6.07, 6.45) is 6.81. The predicted octanol–water partition coefficient (Wildman–Crippen LogP) is 2.39. The highest BCUT2D eigenvalue weighted by Gasteiger charge is 2.35. The molecule has 3 atom stereocenters. The fourth-order valence-electron chi connectivity index (χ4n) is 4.15. The summed E-state index contributed by atoms with van der Waals surface area (Å²) < 4.78 is 19.7. The van der Waals surface area contributed by atoms with Gasteiger partial charge in [-0.3, -0.25) is 9.59 Å². The maximum Gasteiger partial charge on any atom is 0.267 e. The van der Waals surface area contributed by atoms with Crippen LogP contribution in [0, 0.1) is 23.6 Å². The van der Waals surface area contributed by atoms with E-state index in [1.54, 1.807) is 0 Å². The number of halogens is 1. The van der Waals surface area contributed by atoms with Gasteiger partial charge in [-0.25, -0.2) is 9.07 Å². The van der Waals surface area contributed by atoms with E-state index in [0.717, 1.165) is 11.1 Å². The zero-order chi connectivity index (χ0) is 19.7. The normalized spacial score (nSPS) is 22.4. The second-order valence-electron chi connectivity index (χ2n) is 7.40. The van der Waals surface area contributed by atoms with Crippen molar-refractivity contribution in [2.75, 3.05) is 13.7 Å². The molecule has 1 saturated carbocycles. The number of benzene rings is 1. The number of aromatic nitrogens is 2. The lowest BCUT2D eigenvalue weighted by molar-refractivity contribution is -0.122. The van der Waals surface area contributed by atoms with Crippen molar-refractivity contribution < 1.29 is 13.9 Å². The highest BCUT2D eigenvalue weighted by molar-refractivity contribution is 5.75. The first-order valence-electron chi connectivity index (χ1n) is 9.40. The van der Waals surface area contributed by atoms with Gasteiger partial charge in [0.1, 0.15) is 18.1 Å². The zero-order valence-corrected chi connectivity index (χ0v) is 15.6. The third-order valence-corrected chi connectivity index (χ3v) is 5.58. The van der Waals surface area contributed by atoms with Crippen molar-refractivity contribution in [3.05, 3.63) is 58.7 Å². The van der Waals surface area contributed by atoms with Crippen molar-refractivity contribution in [2.24, 2.45) is 17.8 Å². The fraction of sp³-hybridized carbons (Fsp3) is 0.381. The van der Waals surface area contributed by atoms with Crippen molar-refractivity contribution in [2.45, 2.75) is 19.4 Å². The Bertz CT molecular complexity index is 985. The number of fused-ring (bicyclic) bond motifs is 2. The minimum Gasteiger partial charge on any atom is -0.496 e. The third-order valence-electron chi connectivity index (χ3n) is 5.58. The Morgan fingerprint density at radius 2 is 2.14 bits per heavy atom. The van der Waals surface area contributed by atoms with Gasteiger partial charge >= 0.3 is 0 Å². The number of amides is 1. The number of carbonyl (C=O) groups excluding carboxylic acids is 1. The summed E-state index contributed by atoms with van der Waals surface area (Å²) in [5.74, 6) is 1.32. The van der Waals surface area contributed by atoms with E-state index in [9.17, 15) is 14.0 Å². The number of nitrogens with zero attached hydrogens (tertiary/aromatic N) is 2. The smallest absolute Gasteiger partial charge is 0.267 e. The monoisotopic (exact) mass is 383 g/mol. The van der Waals surface area contributed by atoms with Crippen LogP contribution in [0.3, 0.4) is 0 Å². The molecule has 146 valence electrons. The van der Waals surface area contributed by atoms with Gasteiger partial charge in [0.15, 0.2) is 0 Å². The van der Waals surface area contributed by atoms with Gasteiger partial charge in [0.25, 0.3) is 5.56 Å². The molecule has 1 aromatic carbocycles. The molecule has 6 nitrogen and oxygen atoms in total. The molecular formula is C21H22FN3O3. The van der Waals surface area contributed by atoms with Gasteiger partial charge in [0.05, 0.1) is 12.8 Å². The van der Waals surface area contributed by atoms with Gasteiger partial charge in [0, 0.05) is 24.2 Å². The summed E-state index contributed by atoms with van der Waals surface area (Å²) in [4.78, 5) is 24.5. The van der Waals surface area contributed by atoms with Crippen molar-refractivity contribution in [3.63, 3.8) is 0 Å². The third kappa shape index (κ3) is 3.69. The van der Waals surface area contributed by atoms with Gasteiger partial charge in [-0.15, -0.1) is 0 Å². The molecule has 0 saturated heterocycles. The Hall–Kier alpha value is -2.96. The highest BCUT2D eigenvalue weighted by Crippen LogP contribution is 2.42. The second kappa shape index (κ2) is 7.58. The van der Waals surface area contributed by atoms with Crippen molar-refractivity contribution in [1.29, 1.82) is 0 Å². The molecule has 1 fully saturated rings. The van der Waals surface area contributed by atoms with Crippen LogP contribution in [0.15, 0.2) is 47.3 Å². The number of allylic oxidation sites excluding steroid dienone is 2. The Labute approximate surface area is 162 Å². The maximum atomic E-state index is 13.4. The first-order valence-corrected chi connectivity index (χ1v) is 9.40. The molecule has 4 rings (SSSR count). The second-order valence-corrected chi connectivity index (χ2v) is 7.40. The van der Waals surface area contributed by atoms with E-state index in [0.29, 0.717) is 41.3 Å². The first-order chi connectivity index (χ1) is 13.5. The summed E-state index contributed by atoms with van der Waals surface area (Å²) >= 11 is 0. The number of carbonyl (C=O) groups is 1. The van der Waals surface area contributed by atoms with Crippen LogP contribution in [0.25, 0.3) is 11.3 Å². The minimum absolute atomic E-state index is 0.160. The van der Waals surface area contributed by atoms with Crippen LogP contribution in [0.4, 0.5) is 4.39 Å². The Morgan fingerprint density at radius 3 is 2.86 bits per heavy atom. The van der Waals surface area contributed by atoms with Crippen LogP contribution in [-0.4, -0.2) is 29.3 Å². The van der Waals surface area contributed by atoms with Crippen molar-refractivity contribution >= 4 is 5.91 Å². The molecule has 2 aromatic rings. The number of hydrogen-bond acceptors (Lipinski definition) is 4. The summed E-state index contributed by atoms with van der Waals surface area (Å²) in [5.41, 5.74) is 0.608. The first kappa shape index (κ1) is 18.4. The topological polar surface area (TPSA) is 73.2 Å². The van der Waals surface area contributed by atoms with Crippen LogP contribution in [0.2, 0.25) is 0 Å². The van der Waals surface area contributed by atoms with E-state index in [2.05, 4.69) is 22.6 Å². The molecule has 1 heterocycles. The van der Waals surface area contributed by atoms with Crippen molar-refractivity contribution in [1.82, 2.24) is 15.1 Å². The number of rotatable bonds is 6. The van der Waals surface area contributed by atoms with Crippen LogP contribution >= 0.6 is 0 Å². The minimum atomic E-state index is -0.427. The fourth-order valence-corrected chi connectivity index (χ4v) is 4.15. The number of methoxy groups -OCH3 is 1. The summed E-state index contributed by atoms with van der Waals surface area (Å²) in [7, 11) is 1.44. The van der Waals surface area contributed by atoms with Crippen molar-refractivity contribution in [3.8, 4) is 17.0 Å². The maximum absolute atomic E-state index is 13.4. The average molecular weight is 383 g/mol. The van der Waals surface area contributed by atoms with E-state index < -0.39 is 5.82 Å². The zero-order valence-electron chi connectivity index (χ0n) is 15.6.